The Labute approximate surface area is 167 Å². The van der Waals surface area contributed by atoms with Crippen molar-refractivity contribution in [2.24, 2.45) is 0 Å². The number of nitrogens with zero attached hydrogens (tertiary/aromatic N) is 1. The number of hydrogen-bond donors (Lipinski definition) is 1. The van der Waals surface area contributed by atoms with E-state index in [-0.39, 0.29) is 24.4 Å². The molecule has 1 N–H and O–H groups in total. The first-order valence-corrected chi connectivity index (χ1v) is 9.52. The molecule has 4 nitrogen and oxygen atoms in total. The number of amides is 1. The first kappa shape index (κ1) is 19.7. The molecule has 2 aliphatic heterocycles. The predicted molar refractivity (Wildman–Crippen MR) is 110 cm³/mol. The third-order valence-electron chi connectivity index (χ3n) is 5.63. The van der Waals surface area contributed by atoms with Crippen LogP contribution in [0, 0.1) is 6.92 Å². The monoisotopic (exact) mass is 386 g/mol. The molecular weight excluding hydrogens is 360 g/mol. The maximum atomic E-state index is 13.3. The first-order chi connectivity index (χ1) is 12.7. The molecule has 1 fully saturated rings. The van der Waals surface area contributed by atoms with E-state index in [9.17, 15) is 4.79 Å². The fourth-order valence-electron chi connectivity index (χ4n) is 4.33. The molecule has 27 heavy (non-hydrogen) atoms. The second-order valence-electron chi connectivity index (χ2n) is 7.22. The van der Waals surface area contributed by atoms with Crippen molar-refractivity contribution in [1.82, 2.24) is 10.2 Å². The number of aryl methyl sites for hydroxylation is 2. The van der Waals surface area contributed by atoms with Gasteiger partial charge in [-0.2, -0.15) is 0 Å². The van der Waals surface area contributed by atoms with Crippen molar-refractivity contribution < 1.29 is 9.53 Å². The van der Waals surface area contributed by atoms with Crippen LogP contribution in [0.5, 0.6) is 5.75 Å². The molecular formula is C22H27ClN2O2. The SMILES string of the molecule is CCc1cc(C)c2c(c1)C1CNCC1N(CCOc1ccccc1)C2=O.Cl. The number of para-hydroxylation sites is 1. The van der Waals surface area contributed by atoms with Crippen molar-refractivity contribution in [2.45, 2.75) is 32.2 Å². The lowest BCUT2D eigenvalue weighted by Crippen LogP contribution is -2.50. The minimum atomic E-state index is 0. The van der Waals surface area contributed by atoms with Gasteiger partial charge in [0.05, 0.1) is 12.6 Å². The van der Waals surface area contributed by atoms with Crippen LogP contribution in [0.1, 0.15) is 39.9 Å². The largest absolute Gasteiger partial charge is 0.492 e. The highest BCUT2D eigenvalue weighted by Crippen LogP contribution is 2.37. The highest BCUT2D eigenvalue weighted by molar-refractivity contribution is 5.99. The van der Waals surface area contributed by atoms with E-state index in [1.54, 1.807) is 0 Å². The second-order valence-corrected chi connectivity index (χ2v) is 7.22. The van der Waals surface area contributed by atoms with Gasteiger partial charge in [-0.3, -0.25) is 4.79 Å². The van der Waals surface area contributed by atoms with Crippen LogP contribution in [0.3, 0.4) is 0 Å². The molecule has 2 atom stereocenters. The molecule has 1 saturated heterocycles. The van der Waals surface area contributed by atoms with Gasteiger partial charge in [-0.1, -0.05) is 37.3 Å². The van der Waals surface area contributed by atoms with Gasteiger partial charge in [0.15, 0.2) is 0 Å². The molecule has 2 aromatic rings. The van der Waals surface area contributed by atoms with Crippen LogP contribution in [-0.4, -0.2) is 43.1 Å². The molecule has 2 heterocycles. The summed E-state index contributed by atoms with van der Waals surface area (Å²) in [6.45, 7) is 7.16. The van der Waals surface area contributed by atoms with Gasteiger partial charge in [-0.05, 0) is 42.2 Å². The van der Waals surface area contributed by atoms with Gasteiger partial charge >= 0.3 is 0 Å². The van der Waals surface area contributed by atoms with Gasteiger partial charge in [0, 0.05) is 24.6 Å². The van der Waals surface area contributed by atoms with E-state index in [0.29, 0.717) is 19.1 Å². The molecule has 0 spiro atoms. The van der Waals surface area contributed by atoms with E-state index in [4.69, 9.17) is 4.74 Å². The molecule has 2 unspecified atom stereocenters. The summed E-state index contributed by atoms with van der Waals surface area (Å²) in [5.41, 5.74) is 4.57. The molecule has 0 bridgehead atoms. The fourth-order valence-corrected chi connectivity index (χ4v) is 4.33. The number of rotatable bonds is 5. The fraction of sp³-hybridized carbons (Fsp3) is 0.409. The lowest BCUT2D eigenvalue weighted by molar-refractivity contribution is 0.0613. The van der Waals surface area contributed by atoms with Crippen LogP contribution in [0.25, 0.3) is 0 Å². The Morgan fingerprint density at radius 3 is 2.70 bits per heavy atom. The summed E-state index contributed by atoms with van der Waals surface area (Å²) in [6, 6.07) is 14.4. The molecule has 0 saturated carbocycles. The van der Waals surface area contributed by atoms with Crippen molar-refractivity contribution >= 4 is 18.3 Å². The van der Waals surface area contributed by atoms with Gasteiger partial charge < -0.3 is 15.0 Å². The van der Waals surface area contributed by atoms with Crippen LogP contribution in [0.2, 0.25) is 0 Å². The summed E-state index contributed by atoms with van der Waals surface area (Å²) < 4.78 is 5.85. The van der Waals surface area contributed by atoms with E-state index in [1.807, 2.05) is 35.2 Å². The average molecular weight is 387 g/mol. The first-order valence-electron chi connectivity index (χ1n) is 9.52. The Balaban J connectivity index is 0.00000210. The van der Waals surface area contributed by atoms with Gasteiger partial charge in [0.1, 0.15) is 12.4 Å². The maximum absolute atomic E-state index is 13.3. The summed E-state index contributed by atoms with van der Waals surface area (Å²) in [5, 5.41) is 3.49. The molecule has 0 aromatic heterocycles. The van der Waals surface area contributed by atoms with Crippen molar-refractivity contribution in [3.05, 3.63) is 64.7 Å². The third kappa shape index (κ3) is 3.69. The Hall–Kier alpha value is -2.04. The zero-order chi connectivity index (χ0) is 18.1. The van der Waals surface area contributed by atoms with Crippen LogP contribution in [0.4, 0.5) is 0 Å². The minimum Gasteiger partial charge on any atom is -0.492 e. The van der Waals surface area contributed by atoms with Crippen molar-refractivity contribution in [2.75, 3.05) is 26.2 Å². The zero-order valence-corrected chi connectivity index (χ0v) is 16.7. The minimum absolute atomic E-state index is 0. The summed E-state index contributed by atoms with van der Waals surface area (Å²) in [7, 11) is 0. The number of fused-ring (bicyclic) bond motifs is 3. The quantitative estimate of drug-likeness (QED) is 0.854. The summed E-state index contributed by atoms with van der Waals surface area (Å²) in [6.07, 6.45) is 1.00. The standard InChI is InChI=1S/C22H26N2O2.ClH/c1-3-16-11-15(2)21-18(12-16)19-13-23-14-20(19)24(22(21)25)9-10-26-17-7-5-4-6-8-17;/h4-8,11-12,19-20,23H,3,9-10,13-14H2,1-2H3;1H. The van der Waals surface area contributed by atoms with E-state index >= 15 is 0 Å². The molecule has 2 aliphatic rings. The van der Waals surface area contributed by atoms with Gasteiger partial charge in [-0.15, -0.1) is 12.4 Å². The number of carbonyl (C=O) groups excluding carboxylic acids is 1. The Bertz CT molecular complexity index is 809. The van der Waals surface area contributed by atoms with Crippen LogP contribution < -0.4 is 10.1 Å². The van der Waals surface area contributed by atoms with Crippen molar-refractivity contribution in [1.29, 1.82) is 0 Å². The number of carbonyl (C=O) groups is 1. The van der Waals surface area contributed by atoms with Crippen molar-refractivity contribution in [3.63, 3.8) is 0 Å². The Morgan fingerprint density at radius 1 is 1.19 bits per heavy atom. The molecule has 2 aromatic carbocycles. The normalized spacial score (nSPS) is 20.7. The second kappa shape index (κ2) is 8.32. The topological polar surface area (TPSA) is 41.6 Å². The van der Waals surface area contributed by atoms with E-state index in [0.717, 1.165) is 36.4 Å². The van der Waals surface area contributed by atoms with E-state index in [2.05, 4.69) is 31.3 Å². The number of hydrogen-bond acceptors (Lipinski definition) is 3. The van der Waals surface area contributed by atoms with Gasteiger partial charge in [-0.25, -0.2) is 0 Å². The number of halogens is 1. The number of ether oxygens (including phenoxy) is 1. The molecule has 0 radical (unpaired) electrons. The van der Waals surface area contributed by atoms with Crippen LogP contribution in [0.15, 0.2) is 42.5 Å². The lowest BCUT2D eigenvalue weighted by atomic mass is 9.81. The maximum Gasteiger partial charge on any atom is 0.254 e. The summed E-state index contributed by atoms with van der Waals surface area (Å²) in [5.74, 6) is 1.38. The smallest absolute Gasteiger partial charge is 0.254 e. The van der Waals surface area contributed by atoms with E-state index in [1.165, 1.54) is 11.1 Å². The Kier molecular flexibility index (Phi) is 6.08. The van der Waals surface area contributed by atoms with Crippen LogP contribution >= 0.6 is 12.4 Å². The van der Waals surface area contributed by atoms with Crippen molar-refractivity contribution in [3.8, 4) is 5.75 Å². The average Bonchev–Trinajstić information content (AvgIpc) is 3.14. The molecule has 5 heteroatoms. The predicted octanol–water partition coefficient (Wildman–Crippen LogP) is 3.57. The van der Waals surface area contributed by atoms with Crippen LogP contribution in [-0.2, 0) is 6.42 Å². The highest BCUT2D eigenvalue weighted by atomic mass is 35.5. The van der Waals surface area contributed by atoms with E-state index < -0.39 is 0 Å². The molecule has 0 aliphatic carbocycles. The Morgan fingerprint density at radius 2 is 1.96 bits per heavy atom. The number of nitrogens with one attached hydrogen (secondary N) is 1. The lowest BCUT2D eigenvalue weighted by Gasteiger charge is -2.39. The molecule has 1 amide bonds. The number of benzene rings is 2. The third-order valence-corrected chi connectivity index (χ3v) is 5.63. The molecule has 4 rings (SSSR count). The van der Waals surface area contributed by atoms with Gasteiger partial charge in [0.25, 0.3) is 5.91 Å². The zero-order valence-electron chi connectivity index (χ0n) is 15.9. The van der Waals surface area contributed by atoms with Gasteiger partial charge in [0.2, 0.25) is 0 Å². The summed E-state index contributed by atoms with van der Waals surface area (Å²) >= 11 is 0. The highest BCUT2D eigenvalue weighted by Gasteiger charge is 2.42. The molecule has 144 valence electrons. The summed E-state index contributed by atoms with van der Waals surface area (Å²) in [4.78, 5) is 15.3.